The molecule has 1 N–H and O–H groups in total. The summed E-state index contributed by atoms with van der Waals surface area (Å²) in [5.74, 6) is 1.11. The average molecular weight is 256 g/mol. The van der Waals surface area contributed by atoms with Crippen LogP contribution in [0.5, 0.6) is 0 Å². The van der Waals surface area contributed by atoms with E-state index in [4.69, 9.17) is 18.0 Å². The number of benzene rings is 1. The highest BCUT2D eigenvalue weighted by Crippen LogP contribution is 2.21. The van der Waals surface area contributed by atoms with Crippen LogP contribution in [0.4, 0.5) is 4.39 Å². The van der Waals surface area contributed by atoms with Crippen molar-refractivity contribution in [2.75, 3.05) is 13.7 Å². The summed E-state index contributed by atoms with van der Waals surface area (Å²) in [6, 6.07) is 3.11. The molecule has 0 fully saturated rings. The molecule has 17 heavy (non-hydrogen) atoms. The van der Waals surface area contributed by atoms with E-state index >= 15 is 0 Å². The summed E-state index contributed by atoms with van der Waals surface area (Å²) in [6.07, 6.45) is 5.08. The van der Waals surface area contributed by atoms with Crippen LogP contribution in [0, 0.1) is 18.2 Å². The summed E-state index contributed by atoms with van der Waals surface area (Å²) in [6.45, 7) is 0.127. The monoisotopic (exact) mass is 255 g/mol. The van der Waals surface area contributed by atoms with E-state index in [1.165, 1.54) is 19.2 Å². The van der Waals surface area contributed by atoms with Gasteiger partial charge in [-0.2, -0.15) is 0 Å². The standard InChI is InChI=1S/C12H11ClFNO2/c1-3-6-15-11(12(16)17-2)9-5-4-8(13)7-10(9)14/h1,4-5,7,11,15H,6H2,2H3. The Bertz CT molecular complexity index is 456. The second kappa shape index (κ2) is 6.24. The van der Waals surface area contributed by atoms with Gasteiger partial charge in [0.2, 0.25) is 0 Å². The van der Waals surface area contributed by atoms with Crippen molar-refractivity contribution < 1.29 is 13.9 Å². The fraction of sp³-hybridized carbons (Fsp3) is 0.250. The number of rotatable bonds is 4. The van der Waals surface area contributed by atoms with Crippen molar-refractivity contribution in [2.24, 2.45) is 0 Å². The Labute approximate surface area is 104 Å². The van der Waals surface area contributed by atoms with Crippen molar-refractivity contribution >= 4 is 17.6 Å². The van der Waals surface area contributed by atoms with Gasteiger partial charge in [-0.25, -0.2) is 9.18 Å². The lowest BCUT2D eigenvalue weighted by Crippen LogP contribution is -2.30. The smallest absolute Gasteiger partial charge is 0.327 e. The van der Waals surface area contributed by atoms with Crippen molar-refractivity contribution in [3.63, 3.8) is 0 Å². The van der Waals surface area contributed by atoms with Crippen LogP contribution in [0.2, 0.25) is 5.02 Å². The van der Waals surface area contributed by atoms with Crippen LogP contribution in [0.15, 0.2) is 18.2 Å². The van der Waals surface area contributed by atoms with Crippen LogP contribution in [0.25, 0.3) is 0 Å². The molecule has 0 aliphatic carbocycles. The number of halogens is 2. The van der Waals surface area contributed by atoms with Gasteiger partial charge in [0.25, 0.3) is 0 Å². The molecule has 1 unspecified atom stereocenters. The van der Waals surface area contributed by atoms with Gasteiger partial charge in [-0.1, -0.05) is 23.6 Å². The van der Waals surface area contributed by atoms with Gasteiger partial charge in [-0.3, -0.25) is 5.32 Å². The van der Waals surface area contributed by atoms with E-state index in [9.17, 15) is 9.18 Å². The summed E-state index contributed by atoms with van der Waals surface area (Å²) in [5.41, 5.74) is 0.150. The fourth-order valence-electron chi connectivity index (χ4n) is 1.33. The van der Waals surface area contributed by atoms with Crippen LogP contribution >= 0.6 is 11.6 Å². The van der Waals surface area contributed by atoms with Gasteiger partial charge in [0.1, 0.15) is 11.9 Å². The van der Waals surface area contributed by atoms with Crippen LogP contribution < -0.4 is 5.32 Å². The van der Waals surface area contributed by atoms with Crippen LogP contribution in [-0.2, 0) is 9.53 Å². The Balaban J connectivity index is 3.04. The Morgan fingerprint density at radius 2 is 2.41 bits per heavy atom. The lowest BCUT2D eigenvalue weighted by molar-refractivity contribution is -0.143. The number of esters is 1. The number of hydrogen-bond acceptors (Lipinski definition) is 3. The molecular formula is C12H11ClFNO2. The molecule has 0 spiro atoms. The molecule has 0 saturated heterocycles. The van der Waals surface area contributed by atoms with E-state index in [1.807, 2.05) is 0 Å². The van der Waals surface area contributed by atoms with Gasteiger partial charge in [0.15, 0.2) is 0 Å². The van der Waals surface area contributed by atoms with Crippen molar-refractivity contribution in [2.45, 2.75) is 6.04 Å². The topological polar surface area (TPSA) is 38.3 Å². The van der Waals surface area contributed by atoms with Gasteiger partial charge >= 0.3 is 5.97 Å². The molecule has 1 rings (SSSR count). The first-order valence-corrected chi connectivity index (χ1v) is 5.17. The molecule has 3 nitrogen and oxygen atoms in total. The molecule has 1 aromatic carbocycles. The number of carbonyl (C=O) groups is 1. The average Bonchev–Trinajstić information content (AvgIpc) is 2.31. The minimum absolute atomic E-state index is 0.127. The zero-order chi connectivity index (χ0) is 12.8. The fourth-order valence-corrected chi connectivity index (χ4v) is 1.49. The van der Waals surface area contributed by atoms with Crippen molar-refractivity contribution in [3.8, 4) is 12.3 Å². The zero-order valence-electron chi connectivity index (χ0n) is 9.17. The quantitative estimate of drug-likeness (QED) is 0.660. The molecular weight excluding hydrogens is 245 g/mol. The molecule has 0 heterocycles. The summed E-state index contributed by atoms with van der Waals surface area (Å²) >= 11 is 5.63. The molecule has 0 aliphatic heterocycles. The number of nitrogens with one attached hydrogen (secondary N) is 1. The van der Waals surface area contributed by atoms with Crippen LogP contribution in [0.3, 0.4) is 0 Å². The summed E-state index contributed by atoms with van der Waals surface area (Å²) in [5, 5.41) is 2.96. The van der Waals surface area contributed by atoms with Crippen molar-refractivity contribution in [3.05, 3.63) is 34.6 Å². The van der Waals surface area contributed by atoms with E-state index in [-0.39, 0.29) is 17.1 Å². The van der Waals surface area contributed by atoms with E-state index in [2.05, 4.69) is 16.0 Å². The minimum atomic E-state index is -0.937. The summed E-state index contributed by atoms with van der Waals surface area (Å²) in [4.78, 5) is 11.5. The maximum Gasteiger partial charge on any atom is 0.327 e. The number of hydrogen-bond donors (Lipinski definition) is 1. The number of terminal acetylenes is 1. The molecule has 0 bridgehead atoms. The lowest BCUT2D eigenvalue weighted by Gasteiger charge is -2.16. The summed E-state index contributed by atoms with van der Waals surface area (Å²) in [7, 11) is 1.22. The largest absolute Gasteiger partial charge is 0.468 e. The predicted molar refractivity (Wildman–Crippen MR) is 63.0 cm³/mol. The maximum atomic E-state index is 13.6. The third-order valence-electron chi connectivity index (χ3n) is 2.12. The lowest BCUT2D eigenvalue weighted by atomic mass is 10.1. The minimum Gasteiger partial charge on any atom is -0.468 e. The number of carbonyl (C=O) groups excluding carboxylic acids is 1. The van der Waals surface area contributed by atoms with E-state index < -0.39 is 17.8 Å². The van der Waals surface area contributed by atoms with Gasteiger partial charge in [-0.05, 0) is 12.1 Å². The maximum absolute atomic E-state index is 13.6. The summed E-state index contributed by atoms with van der Waals surface area (Å²) < 4.78 is 18.2. The molecule has 0 radical (unpaired) electrons. The van der Waals surface area contributed by atoms with E-state index in [0.29, 0.717) is 0 Å². The first kappa shape index (κ1) is 13.5. The Morgan fingerprint density at radius 1 is 1.71 bits per heavy atom. The van der Waals surface area contributed by atoms with Crippen LogP contribution in [-0.4, -0.2) is 19.6 Å². The molecule has 1 aromatic rings. The molecule has 0 aromatic heterocycles. The first-order valence-electron chi connectivity index (χ1n) is 4.79. The molecule has 1 atom stereocenters. The van der Waals surface area contributed by atoms with Crippen molar-refractivity contribution in [1.29, 1.82) is 0 Å². The van der Waals surface area contributed by atoms with E-state index in [1.54, 1.807) is 0 Å². The Hall–Kier alpha value is -1.57. The van der Waals surface area contributed by atoms with E-state index in [0.717, 1.165) is 6.07 Å². The molecule has 5 heteroatoms. The normalized spacial score (nSPS) is 11.6. The SMILES string of the molecule is C#CCNC(C(=O)OC)c1ccc(Cl)cc1F. The Kier molecular flexibility index (Phi) is 4.95. The molecule has 90 valence electrons. The molecule has 0 saturated carbocycles. The van der Waals surface area contributed by atoms with Gasteiger partial charge < -0.3 is 4.74 Å². The molecule has 0 aliphatic rings. The highest BCUT2D eigenvalue weighted by molar-refractivity contribution is 6.30. The second-order valence-electron chi connectivity index (χ2n) is 3.21. The van der Waals surface area contributed by atoms with Crippen molar-refractivity contribution in [1.82, 2.24) is 5.32 Å². The number of methoxy groups -OCH3 is 1. The second-order valence-corrected chi connectivity index (χ2v) is 3.64. The Morgan fingerprint density at radius 3 is 2.94 bits per heavy atom. The van der Waals surface area contributed by atoms with Gasteiger partial charge in [-0.15, -0.1) is 6.42 Å². The third-order valence-corrected chi connectivity index (χ3v) is 2.35. The zero-order valence-corrected chi connectivity index (χ0v) is 9.92. The third kappa shape index (κ3) is 3.45. The van der Waals surface area contributed by atoms with Gasteiger partial charge in [0.05, 0.1) is 13.7 Å². The highest BCUT2D eigenvalue weighted by Gasteiger charge is 2.23. The number of ether oxygens (including phenoxy) is 1. The predicted octanol–water partition coefficient (Wildman–Crippen LogP) is 1.92. The van der Waals surface area contributed by atoms with Gasteiger partial charge in [0, 0.05) is 10.6 Å². The highest BCUT2D eigenvalue weighted by atomic mass is 35.5. The first-order chi connectivity index (χ1) is 8.10. The molecule has 0 amide bonds. The van der Waals surface area contributed by atoms with Crippen LogP contribution in [0.1, 0.15) is 11.6 Å².